The average molecular weight is 304 g/mol. The Balaban J connectivity index is 1.42. The van der Waals surface area contributed by atoms with E-state index in [-0.39, 0.29) is 17.7 Å². The first kappa shape index (κ1) is 13.3. The van der Waals surface area contributed by atoms with Gasteiger partial charge in [0.2, 0.25) is 5.91 Å². The van der Waals surface area contributed by atoms with E-state index in [4.69, 9.17) is 0 Å². The van der Waals surface area contributed by atoms with Crippen LogP contribution in [0.2, 0.25) is 0 Å². The van der Waals surface area contributed by atoms with Gasteiger partial charge in [-0.05, 0) is 42.7 Å². The predicted molar refractivity (Wildman–Crippen MR) is 81.2 cm³/mol. The Morgan fingerprint density at radius 3 is 2.76 bits per heavy atom. The van der Waals surface area contributed by atoms with Crippen molar-refractivity contribution in [3.05, 3.63) is 21.9 Å². The van der Waals surface area contributed by atoms with Crippen LogP contribution in [-0.4, -0.2) is 47.8 Å². The van der Waals surface area contributed by atoms with Crippen LogP contribution in [0.4, 0.5) is 0 Å². The van der Waals surface area contributed by atoms with E-state index in [1.54, 1.807) is 0 Å². The Bertz CT molecular complexity index is 593. The monoisotopic (exact) mass is 304 g/mol. The lowest BCUT2D eigenvalue weighted by molar-refractivity contribution is -0.131. The number of hydrogen-bond acceptors (Lipinski definition) is 3. The lowest BCUT2D eigenvalue weighted by atomic mass is 10.0. The van der Waals surface area contributed by atoms with E-state index >= 15 is 0 Å². The van der Waals surface area contributed by atoms with Crippen LogP contribution in [-0.2, 0) is 4.79 Å². The maximum atomic E-state index is 12.5. The quantitative estimate of drug-likeness (QED) is 0.857. The highest BCUT2D eigenvalue weighted by Crippen LogP contribution is 2.37. The highest BCUT2D eigenvalue weighted by molar-refractivity contribution is 7.12. The van der Waals surface area contributed by atoms with Crippen LogP contribution in [0.15, 0.2) is 11.4 Å². The number of hydrogen-bond donors (Lipinski definition) is 0. The average Bonchev–Trinajstić information content (AvgIpc) is 2.89. The van der Waals surface area contributed by atoms with Crippen LogP contribution < -0.4 is 0 Å². The minimum Gasteiger partial charge on any atom is -0.342 e. The molecule has 0 N–H and O–H groups in total. The summed E-state index contributed by atoms with van der Waals surface area (Å²) in [7, 11) is 0. The van der Waals surface area contributed by atoms with Crippen LogP contribution in [0.3, 0.4) is 0 Å². The van der Waals surface area contributed by atoms with Crippen molar-refractivity contribution in [1.82, 2.24) is 9.80 Å². The lowest BCUT2D eigenvalue weighted by Crippen LogP contribution is -2.36. The van der Waals surface area contributed by atoms with Crippen molar-refractivity contribution in [1.29, 1.82) is 0 Å². The maximum Gasteiger partial charge on any atom is 0.263 e. The second-order valence-electron chi connectivity index (χ2n) is 6.75. The summed E-state index contributed by atoms with van der Waals surface area (Å²) in [4.78, 5) is 29.7. The summed E-state index contributed by atoms with van der Waals surface area (Å²) < 4.78 is 0. The summed E-state index contributed by atoms with van der Waals surface area (Å²) in [5.41, 5.74) is 1.13. The third-order valence-corrected chi connectivity index (χ3v) is 5.96. The molecule has 2 atom stereocenters. The molecule has 112 valence electrons. The van der Waals surface area contributed by atoms with Gasteiger partial charge in [0, 0.05) is 32.1 Å². The Hall–Kier alpha value is -1.36. The fourth-order valence-electron chi connectivity index (χ4n) is 3.59. The molecule has 2 aliphatic heterocycles. The third kappa shape index (κ3) is 2.37. The topological polar surface area (TPSA) is 40.6 Å². The third-order valence-electron chi connectivity index (χ3n) is 4.93. The number of nitrogens with zero attached hydrogens (tertiary/aromatic N) is 2. The normalized spacial score (nSPS) is 28.3. The van der Waals surface area contributed by atoms with Gasteiger partial charge in [-0.2, -0.15) is 0 Å². The molecule has 4 nitrogen and oxygen atoms in total. The molecule has 5 heteroatoms. The molecule has 4 rings (SSSR count). The molecule has 2 saturated heterocycles. The van der Waals surface area contributed by atoms with Crippen LogP contribution in [0, 0.1) is 24.7 Å². The van der Waals surface area contributed by atoms with Crippen molar-refractivity contribution >= 4 is 23.2 Å². The number of fused-ring (bicyclic) bond motifs is 1. The molecule has 1 saturated carbocycles. The highest BCUT2D eigenvalue weighted by Gasteiger charge is 2.48. The summed E-state index contributed by atoms with van der Waals surface area (Å²) in [5.74, 6) is 1.53. The Morgan fingerprint density at radius 1 is 1.33 bits per heavy atom. The number of carbonyl (C=O) groups excluding carboxylic acids is 2. The van der Waals surface area contributed by atoms with Crippen molar-refractivity contribution in [2.45, 2.75) is 19.8 Å². The lowest BCUT2D eigenvalue weighted by Gasteiger charge is -2.21. The van der Waals surface area contributed by atoms with Gasteiger partial charge in [-0.3, -0.25) is 9.59 Å². The molecular formula is C16H20N2O2S. The molecule has 1 aromatic rings. The van der Waals surface area contributed by atoms with Crippen molar-refractivity contribution in [3.63, 3.8) is 0 Å². The van der Waals surface area contributed by atoms with Crippen LogP contribution in [0.25, 0.3) is 0 Å². The molecule has 0 spiro atoms. The summed E-state index contributed by atoms with van der Waals surface area (Å²) in [6, 6.07) is 1.95. The van der Waals surface area contributed by atoms with E-state index in [2.05, 4.69) is 0 Å². The predicted octanol–water partition coefficient (Wildman–Crippen LogP) is 2.00. The van der Waals surface area contributed by atoms with E-state index in [0.717, 1.165) is 36.0 Å². The van der Waals surface area contributed by atoms with Crippen LogP contribution in [0.1, 0.15) is 28.1 Å². The molecule has 21 heavy (non-hydrogen) atoms. The molecule has 0 unspecified atom stereocenters. The molecule has 0 radical (unpaired) electrons. The fourth-order valence-corrected chi connectivity index (χ4v) is 4.45. The molecule has 1 aliphatic carbocycles. The highest BCUT2D eigenvalue weighted by atomic mass is 32.1. The maximum absolute atomic E-state index is 12.5. The van der Waals surface area contributed by atoms with Gasteiger partial charge in [0.15, 0.2) is 0 Å². The van der Waals surface area contributed by atoms with Gasteiger partial charge in [-0.1, -0.05) is 0 Å². The molecular weight excluding hydrogens is 284 g/mol. The molecule has 3 fully saturated rings. The van der Waals surface area contributed by atoms with Crippen LogP contribution in [0.5, 0.6) is 0 Å². The largest absolute Gasteiger partial charge is 0.342 e. The zero-order valence-corrected chi connectivity index (χ0v) is 13.1. The number of likely N-dealkylation sites (tertiary alicyclic amines) is 2. The van der Waals surface area contributed by atoms with Crippen molar-refractivity contribution in [3.8, 4) is 0 Å². The van der Waals surface area contributed by atoms with Gasteiger partial charge >= 0.3 is 0 Å². The molecule has 3 heterocycles. The van der Waals surface area contributed by atoms with Gasteiger partial charge in [-0.15, -0.1) is 11.3 Å². The van der Waals surface area contributed by atoms with E-state index in [9.17, 15) is 9.59 Å². The number of aryl methyl sites for hydroxylation is 1. The second-order valence-corrected chi connectivity index (χ2v) is 7.66. The van der Waals surface area contributed by atoms with E-state index in [1.807, 2.05) is 28.2 Å². The van der Waals surface area contributed by atoms with Gasteiger partial charge in [0.25, 0.3) is 5.91 Å². The minimum absolute atomic E-state index is 0.0498. The zero-order chi connectivity index (χ0) is 14.6. The first-order valence-electron chi connectivity index (χ1n) is 7.75. The molecule has 3 aliphatic rings. The summed E-state index contributed by atoms with van der Waals surface area (Å²) >= 11 is 1.50. The summed E-state index contributed by atoms with van der Waals surface area (Å²) in [6.45, 7) is 5.16. The minimum atomic E-state index is 0.0498. The number of carbonyl (C=O) groups is 2. The van der Waals surface area contributed by atoms with Crippen molar-refractivity contribution < 1.29 is 9.59 Å². The Morgan fingerprint density at radius 2 is 2.14 bits per heavy atom. The van der Waals surface area contributed by atoms with Crippen LogP contribution >= 0.6 is 11.3 Å². The molecule has 0 bridgehead atoms. The zero-order valence-electron chi connectivity index (χ0n) is 12.2. The van der Waals surface area contributed by atoms with E-state index < -0.39 is 0 Å². The number of thiophene rings is 1. The van der Waals surface area contributed by atoms with Gasteiger partial charge < -0.3 is 9.80 Å². The molecule has 0 aromatic carbocycles. The first-order valence-corrected chi connectivity index (χ1v) is 8.63. The summed E-state index contributed by atoms with van der Waals surface area (Å²) in [6.07, 6.45) is 2.56. The van der Waals surface area contributed by atoms with Crippen molar-refractivity contribution in [2.24, 2.45) is 17.8 Å². The number of amides is 2. The van der Waals surface area contributed by atoms with Gasteiger partial charge in [0.1, 0.15) is 0 Å². The Kier molecular flexibility index (Phi) is 3.06. The fraction of sp³-hybridized carbons (Fsp3) is 0.625. The molecule has 2 amide bonds. The summed E-state index contributed by atoms with van der Waals surface area (Å²) in [5, 5.41) is 2.01. The van der Waals surface area contributed by atoms with E-state index in [1.165, 1.54) is 24.2 Å². The Labute approximate surface area is 128 Å². The second kappa shape index (κ2) is 4.83. The van der Waals surface area contributed by atoms with E-state index in [0.29, 0.717) is 12.5 Å². The standard InChI is InChI=1S/C16H20N2O2S/c1-10-4-14(21-9-10)16(20)18-7-12-6-17(5-11-2-3-11)15(19)13(12)8-18/h4,9,11-13H,2-3,5-8H2,1H3/t12-,13+/m1/s1. The molecule has 1 aromatic heterocycles. The smallest absolute Gasteiger partial charge is 0.263 e. The van der Waals surface area contributed by atoms with Gasteiger partial charge in [0.05, 0.1) is 10.8 Å². The SMILES string of the molecule is Cc1csc(C(=O)N2C[C@H]3CN(CC4CC4)C(=O)[C@H]3C2)c1. The number of rotatable bonds is 3. The van der Waals surface area contributed by atoms with Crippen molar-refractivity contribution in [2.75, 3.05) is 26.2 Å². The van der Waals surface area contributed by atoms with Gasteiger partial charge in [-0.25, -0.2) is 0 Å². The first-order chi connectivity index (χ1) is 10.1.